The van der Waals surface area contributed by atoms with Gasteiger partial charge in [-0.15, -0.1) is 5.06 Å². The van der Waals surface area contributed by atoms with Gasteiger partial charge < -0.3 is 14.8 Å². The van der Waals surface area contributed by atoms with Crippen LogP contribution in [0.15, 0.2) is 42.5 Å². The van der Waals surface area contributed by atoms with Gasteiger partial charge in [0, 0.05) is 62.0 Å². The van der Waals surface area contributed by atoms with E-state index < -0.39 is 23.8 Å². The molecule has 0 unspecified atom stereocenters. The minimum atomic E-state index is -1.18. The first kappa shape index (κ1) is 33.7. The van der Waals surface area contributed by atoms with E-state index in [-0.39, 0.29) is 29.4 Å². The maximum atomic E-state index is 13.2. The Hall–Kier alpha value is -4.79. The summed E-state index contributed by atoms with van der Waals surface area (Å²) in [5, 5.41) is 13.4. The Bertz CT molecular complexity index is 2060. The van der Waals surface area contributed by atoms with Crippen molar-refractivity contribution in [2.75, 3.05) is 31.6 Å². The summed E-state index contributed by atoms with van der Waals surface area (Å²) in [6.45, 7) is 9.81. The zero-order chi connectivity index (χ0) is 35.3. The van der Waals surface area contributed by atoms with Gasteiger partial charge in [0.1, 0.15) is 13.1 Å². The van der Waals surface area contributed by atoms with Crippen LogP contribution in [-0.4, -0.2) is 60.6 Å². The van der Waals surface area contributed by atoms with Crippen molar-refractivity contribution in [1.29, 1.82) is 0 Å². The van der Waals surface area contributed by atoms with E-state index in [0.29, 0.717) is 10.6 Å². The minimum Gasteiger partial charge on any atom is -0.478 e. The van der Waals surface area contributed by atoms with Gasteiger partial charge in [-0.3, -0.25) is 9.59 Å². The number of unbranched alkanes of at least 4 members (excludes halogenated alkanes) is 3. The van der Waals surface area contributed by atoms with Crippen LogP contribution in [0.1, 0.15) is 126 Å². The molecule has 2 amide bonds. The Morgan fingerprint density at radius 1 is 0.880 bits per heavy atom. The quantitative estimate of drug-likeness (QED) is 0.195. The summed E-state index contributed by atoms with van der Waals surface area (Å²) in [4.78, 5) is 57.9. The summed E-state index contributed by atoms with van der Waals surface area (Å²) in [6, 6.07) is 13.8. The number of nitrogens with zero attached hydrogens (tertiary/aromatic N) is 3. The molecule has 9 heteroatoms. The highest BCUT2D eigenvalue weighted by Gasteiger charge is 2.38. The molecule has 1 N–H and O–H groups in total. The fourth-order valence-corrected chi connectivity index (χ4v) is 8.37. The second kappa shape index (κ2) is 13.2. The molecule has 7 rings (SSSR count). The molecule has 9 nitrogen and oxygen atoms in total. The third-order valence-electron chi connectivity index (χ3n) is 11.1. The van der Waals surface area contributed by atoms with Crippen LogP contribution in [0, 0.1) is 0 Å². The second-order valence-corrected chi connectivity index (χ2v) is 14.8. The summed E-state index contributed by atoms with van der Waals surface area (Å²) in [7, 11) is 2.13. The monoisotopic (exact) mass is 676 g/mol. The Balaban J connectivity index is 1.46. The Morgan fingerprint density at radius 2 is 1.64 bits per heavy atom. The molecule has 0 saturated carbocycles. The number of aromatic carboxylic acids is 1. The molecule has 3 aromatic carbocycles. The number of rotatable bonds is 9. The lowest BCUT2D eigenvalue weighted by Crippen LogP contribution is -2.43. The van der Waals surface area contributed by atoms with Crippen molar-refractivity contribution < 1.29 is 29.1 Å². The number of fused-ring (bicyclic) bond motifs is 4. The Labute approximate surface area is 292 Å². The van der Waals surface area contributed by atoms with Crippen molar-refractivity contribution in [1.82, 2.24) is 9.64 Å². The minimum absolute atomic E-state index is 0.0290. The third kappa shape index (κ3) is 5.80. The molecule has 0 spiro atoms. The van der Waals surface area contributed by atoms with Gasteiger partial charge in [0.2, 0.25) is 5.36 Å². The van der Waals surface area contributed by atoms with Crippen molar-refractivity contribution in [3.8, 4) is 0 Å². The van der Waals surface area contributed by atoms with E-state index in [1.165, 1.54) is 53.6 Å². The van der Waals surface area contributed by atoms with E-state index in [9.17, 15) is 24.3 Å². The smallest absolute Gasteiger partial charge is 0.363 e. The summed E-state index contributed by atoms with van der Waals surface area (Å²) in [6.07, 6.45) is 8.75. The molecule has 4 aliphatic rings. The standard InChI is InChI=1S/C41H45N3O6/c1-5-6-7-8-18-43-19-10-12-26-21-31-33(24-35(26)43)41(2,3)32-23-34-25(11-9-17-42(34)4)20-30(32)38(31)28-14-13-27(22-29(28)39(47)48)40(49)50-44-36(45)15-16-37(44)46/h13-14,20-24H,5-12,15-19H2,1-4H3/p+1. The molecule has 0 bridgehead atoms. The highest BCUT2D eigenvalue weighted by Crippen LogP contribution is 2.44. The van der Waals surface area contributed by atoms with E-state index in [0.717, 1.165) is 79.2 Å². The molecule has 0 atom stereocenters. The van der Waals surface area contributed by atoms with Crippen LogP contribution in [0.4, 0.5) is 5.69 Å². The number of carboxylic acids is 1. The van der Waals surface area contributed by atoms with Gasteiger partial charge in [-0.25, -0.2) is 14.2 Å². The zero-order valence-electron chi connectivity index (χ0n) is 29.6. The van der Waals surface area contributed by atoms with Crippen LogP contribution in [-0.2, 0) is 32.7 Å². The number of imide groups is 1. The van der Waals surface area contributed by atoms with Gasteiger partial charge in [-0.1, -0.05) is 39.7 Å². The van der Waals surface area contributed by atoms with Crippen LogP contribution < -0.4 is 20.1 Å². The first-order chi connectivity index (χ1) is 24.0. The molecule has 0 radical (unpaired) electrons. The van der Waals surface area contributed by atoms with E-state index >= 15 is 0 Å². The van der Waals surface area contributed by atoms with Crippen LogP contribution in [0.3, 0.4) is 0 Å². The Kier molecular flexibility index (Phi) is 8.87. The van der Waals surface area contributed by atoms with Crippen LogP contribution >= 0.6 is 0 Å². The number of hydrogen-bond acceptors (Lipinski definition) is 6. The fourth-order valence-electron chi connectivity index (χ4n) is 8.37. The number of carboxylic acid groups (broad SMARTS) is 1. The normalized spacial score (nSPS) is 17.7. The number of aryl methyl sites for hydroxylation is 2. The number of carbonyl (C=O) groups excluding carboxylic acids is 3. The molecule has 260 valence electrons. The molecular weight excluding hydrogens is 630 g/mol. The zero-order valence-corrected chi connectivity index (χ0v) is 29.6. The SMILES string of the molecule is CCCCCC[N+]1=c2cc3c(cc2CCC1)=C(c1ccc(C(=O)ON2C(=O)CCC2=O)cc1C(=O)O)c1cc2c(cc1C3(C)C)N(C)CCC2. The van der Waals surface area contributed by atoms with Gasteiger partial charge in [-0.05, 0) is 94.6 Å². The van der Waals surface area contributed by atoms with E-state index in [4.69, 9.17) is 4.84 Å². The number of amides is 2. The summed E-state index contributed by atoms with van der Waals surface area (Å²) < 4.78 is 2.54. The van der Waals surface area contributed by atoms with Crippen LogP contribution in [0.25, 0.3) is 5.57 Å². The maximum absolute atomic E-state index is 13.2. The lowest BCUT2D eigenvalue weighted by atomic mass is 9.67. The van der Waals surface area contributed by atoms with Gasteiger partial charge in [0.25, 0.3) is 11.8 Å². The molecule has 1 saturated heterocycles. The molecule has 0 aromatic heterocycles. The predicted octanol–water partition coefficient (Wildman–Crippen LogP) is 4.89. The van der Waals surface area contributed by atoms with Crippen molar-refractivity contribution >= 4 is 35.0 Å². The van der Waals surface area contributed by atoms with Gasteiger partial charge in [0.15, 0.2) is 0 Å². The molecule has 50 heavy (non-hydrogen) atoms. The van der Waals surface area contributed by atoms with Crippen molar-refractivity contribution in [3.05, 3.63) is 97.5 Å². The summed E-state index contributed by atoms with van der Waals surface area (Å²) in [5.74, 6) is -3.33. The van der Waals surface area contributed by atoms with E-state index in [1.54, 1.807) is 6.07 Å². The highest BCUT2D eigenvalue weighted by molar-refractivity contribution is 6.04. The topological polar surface area (TPSA) is 107 Å². The number of carbonyl (C=O) groups is 4. The average molecular weight is 677 g/mol. The summed E-state index contributed by atoms with van der Waals surface area (Å²) >= 11 is 0. The number of hydrogen-bond donors (Lipinski definition) is 1. The molecule has 3 aromatic rings. The number of anilines is 1. The molecule has 3 heterocycles. The molecule has 1 aliphatic carbocycles. The Morgan fingerprint density at radius 3 is 2.38 bits per heavy atom. The lowest BCUT2D eigenvalue weighted by Gasteiger charge is -2.38. The van der Waals surface area contributed by atoms with E-state index in [2.05, 4.69) is 61.6 Å². The first-order valence-electron chi connectivity index (χ1n) is 18.1. The van der Waals surface area contributed by atoms with Gasteiger partial charge >= 0.3 is 11.9 Å². The molecular formula is C41H46N3O6+. The third-order valence-corrected chi connectivity index (χ3v) is 11.1. The van der Waals surface area contributed by atoms with Crippen LogP contribution in [0.2, 0.25) is 0 Å². The van der Waals surface area contributed by atoms with Crippen molar-refractivity contribution in [3.63, 3.8) is 0 Å². The van der Waals surface area contributed by atoms with Gasteiger partial charge in [-0.2, -0.15) is 0 Å². The highest BCUT2D eigenvalue weighted by atomic mass is 16.7. The van der Waals surface area contributed by atoms with Crippen molar-refractivity contribution in [2.24, 2.45) is 0 Å². The van der Waals surface area contributed by atoms with Crippen molar-refractivity contribution in [2.45, 2.75) is 90.4 Å². The first-order valence-corrected chi connectivity index (χ1v) is 18.1. The molecule has 1 fully saturated rings. The lowest BCUT2D eigenvalue weighted by molar-refractivity contribution is -0.172. The average Bonchev–Trinajstić information content (AvgIpc) is 3.41. The van der Waals surface area contributed by atoms with Gasteiger partial charge in [0.05, 0.1) is 11.1 Å². The number of hydroxylamine groups is 2. The van der Waals surface area contributed by atoms with E-state index in [1.807, 2.05) is 0 Å². The largest absolute Gasteiger partial charge is 0.478 e. The maximum Gasteiger partial charge on any atom is 0.363 e. The molecule has 3 aliphatic heterocycles. The predicted molar refractivity (Wildman–Crippen MR) is 191 cm³/mol. The number of benzene rings is 3. The fraction of sp³-hybridized carbons (Fsp3) is 0.439. The second-order valence-electron chi connectivity index (χ2n) is 14.8. The van der Waals surface area contributed by atoms with Crippen LogP contribution in [0.5, 0.6) is 0 Å². The summed E-state index contributed by atoms with van der Waals surface area (Å²) in [5.41, 5.74) is 7.92.